The number of benzene rings is 1. The van der Waals surface area contributed by atoms with E-state index in [0.29, 0.717) is 16.3 Å². The molecule has 1 atom stereocenters. The van der Waals surface area contributed by atoms with Gasteiger partial charge in [0.15, 0.2) is 0 Å². The highest BCUT2D eigenvalue weighted by molar-refractivity contribution is 8.00. The average Bonchev–Trinajstić information content (AvgIpc) is 2.90. The van der Waals surface area contributed by atoms with Crippen molar-refractivity contribution < 1.29 is 9.59 Å². The van der Waals surface area contributed by atoms with Gasteiger partial charge in [0, 0.05) is 23.0 Å². The molecule has 112 valence electrons. The number of hydrazine groups is 1. The molecule has 1 aliphatic heterocycles. The van der Waals surface area contributed by atoms with Crippen molar-refractivity contribution in [3.05, 3.63) is 64.9 Å². The number of nitrogens with zero attached hydrogens (tertiary/aromatic N) is 2. The zero-order chi connectivity index (χ0) is 15.5. The van der Waals surface area contributed by atoms with Crippen molar-refractivity contribution in [3.63, 3.8) is 0 Å². The second-order valence-electron chi connectivity index (χ2n) is 4.66. The molecule has 0 spiro atoms. The molecular weight excluding hydrogens is 322 g/mol. The minimum atomic E-state index is -0.336. The van der Waals surface area contributed by atoms with Crippen molar-refractivity contribution in [2.75, 3.05) is 5.75 Å². The second-order valence-corrected chi connectivity index (χ2v) is 6.16. The summed E-state index contributed by atoms with van der Waals surface area (Å²) in [4.78, 5) is 28.1. The topological polar surface area (TPSA) is 62.3 Å². The summed E-state index contributed by atoms with van der Waals surface area (Å²) in [5.41, 5.74) is 4.04. The fourth-order valence-electron chi connectivity index (χ4n) is 2.10. The van der Waals surface area contributed by atoms with Crippen LogP contribution in [0.25, 0.3) is 0 Å². The van der Waals surface area contributed by atoms with E-state index in [9.17, 15) is 9.59 Å². The van der Waals surface area contributed by atoms with Crippen LogP contribution in [-0.4, -0.2) is 27.6 Å². The Morgan fingerprint density at radius 2 is 1.91 bits per heavy atom. The van der Waals surface area contributed by atoms with Gasteiger partial charge >= 0.3 is 0 Å². The first-order valence-electron chi connectivity index (χ1n) is 6.55. The van der Waals surface area contributed by atoms with Crippen LogP contribution in [0.4, 0.5) is 0 Å². The third kappa shape index (κ3) is 3.08. The van der Waals surface area contributed by atoms with Gasteiger partial charge in [0.2, 0.25) is 0 Å². The first-order chi connectivity index (χ1) is 10.6. The molecule has 2 aromatic rings. The van der Waals surface area contributed by atoms with Crippen molar-refractivity contribution in [2.24, 2.45) is 0 Å². The molecule has 1 fully saturated rings. The molecule has 2 heterocycles. The van der Waals surface area contributed by atoms with Gasteiger partial charge in [-0.15, -0.1) is 11.8 Å². The van der Waals surface area contributed by atoms with Crippen molar-refractivity contribution >= 4 is 35.2 Å². The fourth-order valence-corrected chi connectivity index (χ4v) is 3.33. The summed E-state index contributed by atoms with van der Waals surface area (Å²) in [5, 5.41) is 1.75. The molecule has 2 amide bonds. The summed E-state index contributed by atoms with van der Waals surface area (Å²) < 4.78 is 0. The number of nitrogens with one attached hydrogen (secondary N) is 1. The van der Waals surface area contributed by atoms with Crippen LogP contribution in [0.1, 0.15) is 21.3 Å². The number of carbonyl (C=O) groups is 2. The predicted octanol–water partition coefficient (Wildman–Crippen LogP) is 2.65. The first kappa shape index (κ1) is 14.9. The van der Waals surface area contributed by atoms with Crippen LogP contribution in [0.3, 0.4) is 0 Å². The molecule has 1 aromatic carbocycles. The van der Waals surface area contributed by atoms with E-state index in [1.165, 1.54) is 29.2 Å². The summed E-state index contributed by atoms with van der Waals surface area (Å²) in [6.07, 6.45) is 3.07. The molecule has 0 unspecified atom stereocenters. The lowest BCUT2D eigenvalue weighted by molar-refractivity contribution is -0.130. The van der Waals surface area contributed by atoms with Crippen LogP contribution >= 0.6 is 23.4 Å². The van der Waals surface area contributed by atoms with Crippen LogP contribution in [0.2, 0.25) is 5.02 Å². The summed E-state index contributed by atoms with van der Waals surface area (Å²) in [5.74, 6) is -0.145. The molecule has 1 N–H and O–H groups in total. The van der Waals surface area contributed by atoms with Gasteiger partial charge in [0.1, 0.15) is 5.37 Å². The second kappa shape index (κ2) is 6.37. The minimum absolute atomic E-state index is 0.132. The summed E-state index contributed by atoms with van der Waals surface area (Å²) in [6.45, 7) is 0. The molecule has 0 radical (unpaired) electrons. The van der Waals surface area contributed by atoms with E-state index in [2.05, 4.69) is 10.4 Å². The lowest BCUT2D eigenvalue weighted by atomic mass is 10.2. The molecule has 0 saturated carbocycles. The van der Waals surface area contributed by atoms with E-state index in [0.717, 1.165) is 5.56 Å². The van der Waals surface area contributed by atoms with E-state index in [1.807, 2.05) is 12.1 Å². The quantitative estimate of drug-likeness (QED) is 0.938. The number of rotatable bonds is 3. The van der Waals surface area contributed by atoms with E-state index in [1.54, 1.807) is 24.3 Å². The van der Waals surface area contributed by atoms with Gasteiger partial charge in [-0.05, 0) is 29.8 Å². The van der Waals surface area contributed by atoms with Crippen molar-refractivity contribution in [3.8, 4) is 0 Å². The Morgan fingerprint density at radius 3 is 2.59 bits per heavy atom. The van der Waals surface area contributed by atoms with Gasteiger partial charge in [0.25, 0.3) is 11.8 Å². The smallest absolute Gasteiger partial charge is 0.270 e. The van der Waals surface area contributed by atoms with Gasteiger partial charge in [-0.1, -0.05) is 23.7 Å². The standard InChI is InChI=1S/C15H12ClN3O2S/c16-12-3-1-11(2-4-12)15-19(13(20)9-22-15)18-14(21)10-5-7-17-8-6-10/h1-8,15H,9H2,(H,18,21)/t15-/m0/s1. The van der Waals surface area contributed by atoms with Gasteiger partial charge in [-0.2, -0.15) is 0 Å². The van der Waals surface area contributed by atoms with E-state index in [-0.39, 0.29) is 17.2 Å². The Balaban J connectivity index is 1.79. The predicted molar refractivity (Wildman–Crippen MR) is 85.2 cm³/mol. The number of thioether (sulfide) groups is 1. The van der Waals surface area contributed by atoms with Gasteiger partial charge in [0.05, 0.1) is 5.75 Å². The highest BCUT2D eigenvalue weighted by Gasteiger charge is 2.34. The summed E-state index contributed by atoms with van der Waals surface area (Å²) >= 11 is 7.35. The lowest BCUT2D eigenvalue weighted by Crippen LogP contribution is -2.44. The van der Waals surface area contributed by atoms with Crippen LogP contribution in [0.15, 0.2) is 48.8 Å². The number of carbonyl (C=O) groups excluding carboxylic acids is 2. The number of aromatic nitrogens is 1. The van der Waals surface area contributed by atoms with Crippen LogP contribution in [-0.2, 0) is 4.79 Å². The molecule has 3 rings (SSSR count). The SMILES string of the molecule is O=C(NN1C(=O)CS[C@H]1c1ccc(Cl)cc1)c1ccncc1. The van der Waals surface area contributed by atoms with Crippen LogP contribution in [0, 0.1) is 0 Å². The number of hydrogen-bond acceptors (Lipinski definition) is 4. The Labute approximate surface area is 136 Å². The Hall–Kier alpha value is -2.05. The summed E-state index contributed by atoms with van der Waals surface area (Å²) in [7, 11) is 0. The number of halogens is 1. The number of hydrogen-bond donors (Lipinski definition) is 1. The van der Waals surface area contributed by atoms with Gasteiger partial charge in [-0.25, -0.2) is 5.01 Å². The zero-order valence-corrected chi connectivity index (χ0v) is 13.0. The van der Waals surface area contributed by atoms with E-state index in [4.69, 9.17) is 11.6 Å². The Bertz CT molecular complexity index is 694. The molecule has 22 heavy (non-hydrogen) atoms. The lowest BCUT2D eigenvalue weighted by Gasteiger charge is -2.24. The van der Waals surface area contributed by atoms with Crippen LogP contribution < -0.4 is 5.43 Å². The maximum absolute atomic E-state index is 12.2. The molecule has 1 aliphatic rings. The van der Waals surface area contributed by atoms with Gasteiger partial charge < -0.3 is 0 Å². The Kier molecular flexibility index (Phi) is 4.31. The highest BCUT2D eigenvalue weighted by Crippen LogP contribution is 2.37. The van der Waals surface area contributed by atoms with Gasteiger partial charge in [-0.3, -0.25) is 20.0 Å². The molecule has 7 heteroatoms. The molecular formula is C15H12ClN3O2S. The first-order valence-corrected chi connectivity index (χ1v) is 7.98. The molecule has 1 aromatic heterocycles. The number of amides is 2. The van der Waals surface area contributed by atoms with Crippen molar-refractivity contribution in [1.29, 1.82) is 0 Å². The maximum atomic E-state index is 12.2. The van der Waals surface area contributed by atoms with Crippen molar-refractivity contribution in [1.82, 2.24) is 15.4 Å². The maximum Gasteiger partial charge on any atom is 0.270 e. The zero-order valence-electron chi connectivity index (χ0n) is 11.4. The van der Waals surface area contributed by atoms with Crippen LogP contribution in [0.5, 0.6) is 0 Å². The number of pyridine rings is 1. The molecule has 1 saturated heterocycles. The fraction of sp³-hybridized carbons (Fsp3) is 0.133. The average molecular weight is 334 g/mol. The normalized spacial score (nSPS) is 17.6. The van der Waals surface area contributed by atoms with E-state index >= 15 is 0 Å². The molecule has 5 nitrogen and oxygen atoms in total. The summed E-state index contributed by atoms with van der Waals surface area (Å²) in [6, 6.07) is 10.4. The molecule has 0 bridgehead atoms. The van der Waals surface area contributed by atoms with E-state index < -0.39 is 0 Å². The third-order valence-corrected chi connectivity index (χ3v) is 4.65. The minimum Gasteiger partial charge on any atom is -0.272 e. The monoisotopic (exact) mass is 333 g/mol. The molecule has 0 aliphatic carbocycles. The van der Waals surface area contributed by atoms with Crippen molar-refractivity contribution in [2.45, 2.75) is 5.37 Å². The largest absolute Gasteiger partial charge is 0.272 e. The Morgan fingerprint density at radius 1 is 1.23 bits per heavy atom. The highest BCUT2D eigenvalue weighted by atomic mass is 35.5. The third-order valence-electron chi connectivity index (χ3n) is 3.19.